The molecule has 0 saturated carbocycles. The summed E-state index contributed by atoms with van der Waals surface area (Å²) in [5, 5.41) is 7.17. The molecule has 4 nitrogen and oxygen atoms in total. The van der Waals surface area contributed by atoms with Crippen LogP contribution < -0.4 is 0 Å². The Hall–Kier alpha value is -2.54. The van der Waals surface area contributed by atoms with Crippen molar-refractivity contribution in [2.75, 3.05) is 13.1 Å². The molecule has 1 aliphatic heterocycles. The number of nitrogens with one attached hydrogen (secondary N) is 1. The third-order valence-corrected chi connectivity index (χ3v) is 5.26. The van der Waals surface area contributed by atoms with Crippen molar-refractivity contribution in [3.05, 3.63) is 65.4 Å². The van der Waals surface area contributed by atoms with E-state index >= 15 is 0 Å². The van der Waals surface area contributed by atoms with Crippen LogP contribution in [0.15, 0.2) is 47.0 Å². The first-order valence-corrected chi connectivity index (χ1v) is 9.39. The second kappa shape index (κ2) is 7.47. The fourth-order valence-electron chi connectivity index (χ4n) is 3.93. The van der Waals surface area contributed by atoms with Gasteiger partial charge in [-0.15, -0.1) is 0 Å². The lowest BCUT2D eigenvalue weighted by atomic mass is 9.90. The van der Waals surface area contributed by atoms with E-state index in [9.17, 15) is 13.2 Å². The normalized spacial score (nSPS) is 18.5. The highest BCUT2D eigenvalue weighted by Crippen LogP contribution is 2.36. The van der Waals surface area contributed by atoms with Crippen LogP contribution >= 0.6 is 0 Å². The maximum absolute atomic E-state index is 13.1. The Bertz CT molecular complexity index is 944. The second-order valence-corrected chi connectivity index (χ2v) is 7.36. The number of piperidine rings is 1. The number of H-pyrrole nitrogens is 1. The van der Waals surface area contributed by atoms with Crippen LogP contribution in [0, 0.1) is 6.92 Å². The van der Waals surface area contributed by atoms with Gasteiger partial charge < -0.3 is 4.42 Å². The minimum Gasteiger partial charge on any atom is -0.465 e. The van der Waals surface area contributed by atoms with Gasteiger partial charge in [-0.25, -0.2) is 0 Å². The van der Waals surface area contributed by atoms with Crippen LogP contribution in [0.4, 0.5) is 13.2 Å². The summed E-state index contributed by atoms with van der Waals surface area (Å²) in [7, 11) is 0. The van der Waals surface area contributed by atoms with E-state index in [0.717, 1.165) is 61.3 Å². The van der Waals surface area contributed by atoms with Crippen LogP contribution in [0.5, 0.6) is 0 Å². The summed E-state index contributed by atoms with van der Waals surface area (Å²) >= 11 is 0. The van der Waals surface area contributed by atoms with E-state index in [0.29, 0.717) is 5.56 Å². The number of hydrogen-bond donors (Lipinski definition) is 1. The Kier molecular flexibility index (Phi) is 5.02. The van der Waals surface area contributed by atoms with E-state index in [2.05, 4.69) is 15.1 Å². The largest absolute Gasteiger partial charge is 0.465 e. The maximum atomic E-state index is 13.1. The van der Waals surface area contributed by atoms with Crippen LogP contribution in [0.1, 0.15) is 41.5 Å². The summed E-state index contributed by atoms with van der Waals surface area (Å²) in [6, 6.07) is 9.38. The summed E-state index contributed by atoms with van der Waals surface area (Å²) in [6.45, 7) is 4.45. The van der Waals surface area contributed by atoms with Gasteiger partial charge in [-0.05, 0) is 56.1 Å². The predicted octanol–water partition coefficient (Wildman–Crippen LogP) is 5.38. The quantitative estimate of drug-likeness (QED) is 0.652. The Morgan fingerprint density at radius 1 is 1.25 bits per heavy atom. The third-order valence-electron chi connectivity index (χ3n) is 5.26. The second-order valence-electron chi connectivity index (χ2n) is 7.36. The van der Waals surface area contributed by atoms with Gasteiger partial charge in [0.15, 0.2) is 0 Å². The van der Waals surface area contributed by atoms with Gasteiger partial charge in [0.2, 0.25) is 0 Å². The molecule has 0 spiro atoms. The molecule has 148 valence electrons. The lowest BCUT2D eigenvalue weighted by molar-refractivity contribution is -0.137. The molecule has 0 amide bonds. The average Bonchev–Trinajstić information content (AvgIpc) is 3.30. The van der Waals surface area contributed by atoms with Crippen molar-refractivity contribution in [1.82, 2.24) is 15.1 Å². The van der Waals surface area contributed by atoms with Crippen LogP contribution in [-0.4, -0.2) is 28.2 Å². The zero-order valence-electron chi connectivity index (χ0n) is 15.6. The molecule has 4 rings (SSSR count). The molecule has 3 aromatic rings. The highest BCUT2D eigenvalue weighted by molar-refractivity contribution is 5.66. The van der Waals surface area contributed by atoms with Gasteiger partial charge in [-0.1, -0.05) is 12.1 Å². The summed E-state index contributed by atoms with van der Waals surface area (Å²) in [5.74, 6) is 2.02. The standard InChI is InChI=1S/C21H22F3N3O/c1-14-7-8-18(28-14)13-27-9-3-5-16(12-27)20-19(11-25-26-20)15-4-2-6-17(10-15)21(22,23)24/h2,4,6-8,10-11,16H,3,5,9,12-13H2,1H3,(H,25,26)/t16-/m0/s1. The molecule has 1 saturated heterocycles. The number of nitrogens with zero attached hydrogens (tertiary/aromatic N) is 2. The number of benzene rings is 1. The molecule has 3 heterocycles. The van der Waals surface area contributed by atoms with Crippen molar-refractivity contribution < 1.29 is 17.6 Å². The number of alkyl halides is 3. The van der Waals surface area contributed by atoms with Crippen molar-refractivity contribution in [2.24, 2.45) is 0 Å². The van der Waals surface area contributed by atoms with E-state index in [1.165, 1.54) is 12.1 Å². The van der Waals surface area contributed by atoms with Crippen molar-refractivity contribution in [1.29, 1.82) is 0 Å². The Morgan fingerprint density at radius 2 is 2.11 bits per heavy atom. The fraction of sp³-hybridized carbons (Fsp3) is 0.381. The summed E-state index contributed by atoms with van der Waals surface area (Å²) in [6.07, 6.45) is -0.740. The zero-order chi connectivity index (χ0) is 19.7. The van der Waals surface area contributed by atoms with Crippen LogP contribution in [-0.2, 0) is 12.7 Å². The van der Waals surface area contributed by atoms with Gasteiger partial charge >= 0.3 is 6.18 Å². The first-order valence-electron chi connectivity index (χ1n) is 9.39. The van der Waals surface area contributed by atoms with Gasteiger partial charge in [-0.3, -0.25) is 10.00 Å². The smallest absolute Gasteiger partial charge is 0.416 e. The predicted molar refractivity (Wildman–Crippen MR) is 99.7 cm³/mol. The van der Waals surface area contributed by atoms with Gasteiger partial charge in [0, 0.05) is 23.7 Å². The first kappa shape index (κ1) is 18.8. The Balaban J connectivity index is 1.55. The lowest BCUT2D eigenvalue weighted by Gasteiger charge is -2.32. The SMILES string of the molecule is Cc1ccc(CN2CCC[C@H](c3[nH]ncc3-c3cccc(C(F)(F)F)c3)C2)o1. The molecule has 7 heteroatoms. The van der Waals surface area contributed by atoms with Crippen molar-refractivity contribution in [3.63, 3.8) is 0 Å². The van der Waals surface area contributed by atoms with Gasteiger partial charge in [-0.2, -0.15) is 18.3 Å². The monoisotopic (exact) mass is 389 g/mol. The summed E-state index contributed by atoms with van der Waals surface area (Å²) < 4.78 is 44.9. The molecule has 0 radical (unpaired) electrons. The summed E-state index contributed by atoms with van der Waals surface area (Å²) in [4.78, 5) is 2.32. The molecule has 1 atom stereocenters. The average molecular weight is 389 g/mol. The highest BCUT2D eigenvalue weighted by atomic mass is 19.4. The number of halogens is 3. The van der Waals surface area contributed by atoms with E-state index in [-0.39, 0.29) is 5.92 Å². The first-order chi connectivity index (χ1) is 13.4. The number of aromatic nitrogens is 2. The van der Waals surface area contributed by atoms with Gasteiger partial charge in [0.25, 0.3) is 0 Å². The maximum Gasteiger partial charge on any atom is 0.416 e. The highest BCUT2D eigenvalue weighted by Gasteiger charge is 2.31. The molecule has 0 unspecified atom stereocenters. The van der Waals surface area contributed by atoms with E-state index < -0.39 is 11.7 Å². The van der Waals surface area contributed by atoms with Crippen LogP contribution in [0.25, 0.3) is 11.1 Å². The van der Waals surface area contributed by atoms with E-state index in [1.807, 2.05) is 19.1 Å². The number of likely N-dealkylation sites (tertiary alicyclic amines) is 1. The molecular weight excluding hydrogens is 367 g/mol. The number of furan rings is 1. The molecule has 0 bridgehead atoms. The fourth-order valence-corrected chi connectivity index (χ4v) is 3.93. The van der Waals surface area contributed by atoms with Gasteiger partial charge in [0.05, 0.1) is 18.3 Å². The topological polar surface area (TPSA) is 45.1 Å². The molecule has 1 N–H and O–H groups in total. The van der Waals surface area contributed by atoms with Crippen molar-refractivity contribution in [2.45, 2.75) is 38.4 Å². The molecular formula is C21H22F3N3O. The zero-order valence-corrected chi connectivity index (χ0v) is 15.6. The minimum absolute atomic E-state index is 0.192. The Morgan fingerprint density at radius 3 is 2.86 bits per heavy atom. The van der Waals surface area contributed by atoms with Crippen LogP contribution in [0.3, 0.4) is 0 Å². The van der Waals surface area contributed by atoms with Gasteiger partial charge in [0.1, 0.15) is 11.5 Å². The molecule has 1 aliphatic rings. The molecule has 28 heavy (non-hydrogen) atoms. The molecule has 1 aromatic carbocycles. The van der Waals surface area contributed by atoms with E-state index in [1.54, 1.807) is 12.3 Å². The number of aryl methyl sites for hydroxylation is 1. The van der Waals surface area contributed by atoms with Crippen LogP contribution in [0.2, 0.25) is 0 Å². The lowest BCUT2D eigenvalue weighted by Crippen LogP contribution is -2.34. The Labute approximate surface area is 161 Å². The number of aromatic amines is 1. The van der Waals surface area contributed by atoms with E-state index in [4.69, 9.17) is 4.42 Å². The van der Waals surface area contributed by atoms with Crippen molar-refractivity contribution in [3.8, 4) is 11.1 Å². The van der Waals surface area contributed by atoms with Crippen molar-refractivity contribution >= 4 is 0 Å². The molecule has 0 aliphatic carbocycles. The third kappa shape index (κ3) is 3.99. The number of rotatable bonds is 4. The minimum atomic E-state index is -4.36. The molecule has 1 fully saturated rings. The summed E-state index contributed by atoms with van der Waals surface area (Å²) in [5.41, 5.74) is 1.54. The molecule has 2 aromatic heterocycles. The number of hydrogen-bond acceptors (Lipinski definition) is 3.